The summed E-state index contributed by atoms with van der Waals surface area (Å²) < 4.78 is 0. The molecule has 2 aromatic heterocycles. The molecule has 0 aliphatic carbocycles. The van der Waals surface area contributed by atoms with E-state index in [1.807, 2.05) is 6.20 Å². The molecule has 3 heterocycles. The quantitative estimate of drug-likeness (QED) is 0.706. The zero-order chi connectivity index (χ0) is 17.9. The number of thiazole rings is 1. The highest BCUT2D eigenvalue weighted by Gasteiger charge is 2.22. The standard InChI is InChI=1S/C21H26N4S/c1-16-23-20(15-26-16)14-25-8-7-24(2)12-17(13-25)9-19-11-22-10-18-5-3-4-6-21(18)19/h3-6,10-11,15,17H,7-9,12-14H2,1-2H3/t17-/m1/s1. The maximum atomic E-state index is 4.66. The Balaban J connectivity index is 1.52. The summed E-state index contributed by atoms with van der Waals surface area (Å²) in [6.45, 7) is 7.52. The van der Waals surface area contributed by atoms with E-state index in [1.54, 1.807) is 11.3 Å². The van der Waals surface area contributed by atoms with E-state index in [9.17, 15) is 0 Å². The molecule has 3 aromatic rings. The van der Waals surface area contributed by atoms with Crippen LogP contribution in [0.3, 0.4) is 0 Å². The molecule has 0 amide bonds. The molecule has 136 valence electrons. The van der Waals surface area contributed by atoms with Gasteiger partial charge in [-0.05, 0) is 37.3 Å². The lowest BCUT2D eigenvalue weighted by Crippen LogP contribution is -2.30. The van der Waals surface area contributed by atoms with Crippen molar-refractivity contribution in [2.45, 2.75) is 19.9 Å². The Kier molecular flexibility index (Phi) is 5.29. The lowest BCUT2D eigenvalue weighted by Gasteiger charge is -2.23. The highest BCUT2D eigenvalue weighted by Crippen LogP contribution is 2.22. The molecule has 1 aliphatic rings. The largest absolute Gasteiger partial charge is 0.305 e. The van der Waals surface area contributed by atoms with Crippen LogP contribution in [0.5, 0.6) is 0 Å². The summed E-state index contributed by atoms with van der Waals surface area (Å²) in [7, 11) is 2.24. The molecule has 0 N–H and O–H groups in total. The van der Waals surface area contributed by atoms with Gasteiger partial charge in [0.1, 0.15) is 0 Å². The molecule has 0 bridgehead atoms. The fraction of sp³-hybridized carbons (Fsp3) is 0.429. The summed E-state index contributed by atoms with van der Waals surface area (Å²) in [5, 5.41) is 5.94. The lowest BCUT2D eigenvalue weighted by atomic mass is 9.96. The minimum atomic E-state index is 0.606. The SMILES string of the molecule is Cc1nc(CN2CCN(C)C[C@@H](Cc3cncc4ccccc34)C2)cs1. The first kappa shape index (κ1) is 17.6. The Morgan fingerprint density at radius 3 is 2.88 bits per heavy atom. The summed E-state index contributed by atoms with van der Waals surface area (Å²) in [6.07, 6.45) is 5.10. The van der Waals surface area contributed by atoms with Gasteiger partial charge in [-0.2, -0.15) is 0 Å². The molecule has 5 heteroatoms. The third-order valence-corrected chi connectivity index (χ3v) is 6.02. The second-order valence-corrected chi connectivity index (χ2v) is 8.51. The molecule has 26 heavy (non-hydrogen) atoms. The molecule has 1 saturated heterocycles. The van der Waals surface area contributed by atoms with Crippen molar-refractivity contribution in [3.63, 3.8) is 0 Å². The van der Waals surface area contributed by atoms with Crippen LogP contribution in [0.25, 0.3) is 10.8 Å². The van der Waals surface area contributed by atoms with Gasteiger partial charge in [0.05, 0.1) is 10.7 Å². The molecule has 1 fully saturated rings. The maximum absolute atomic E-state index is 4.66. The second-order valence-electron chi connectivity index (χ2n) is 7.45. The monoisotopic (exact) mass is 366 g/mol. The number of fused-ring (bicyclic) bond motifs is 1. The number of likely N-dealkylation sites (N-methyl/N-ethyl adjacent to an activating group) is 1. The predicted octanol–water partition coefficient (Wildman–Crippen LogP) is 3.61. The van der Waals surface area contributed by atoms with E-state index in [2.05, 4.69) is 69.6 Å². The summed E-state index contributed by atoms with van der Waals surface area (Å²) >= 11 is 1.75. The fourth-order valence-electron chi connectivity index (χ4n) is 3.99. The van der Waals surface area contributed by atoms with Crippen LogP contribution in [-0.2, 0) is 13.0 Å². The Bertz CT molecular complexity index is 870. The lowest BCUT2D eigenvalue weighted by molar-refractivity contribution is 0.246. The van der Waals surface area contributed by atoms with Gasteiger partial charge in [-0.25, -0.2) is 4.98 Å². The number of hydrogen-bond donors (Lipinski definition) is 0. The minimum absolute atomic E-state index is 0.606. The average Bonchev–Trinajstić information content (AvgIpc) is 2.96. The zero-order valence-corrected chi connectivity index (χ0v) is 16.4. The van der Waals surface area contributed by atoms with Gasteiger partial charge in [0.2, 0.25) is 0 Å². The molecule has 4 nitrogen and oxygen atoms in total. The average molecular weight is 367 g/mol. The van der Waals surface area contributed by atoms with Crippen molar-refractivity contribution in [3.05, 3.63) is 58.3 Å². The van der Waals surface area contributed by atoms with Gasteiger partial charge in [0, 0.05) is 55.9 Å². The van der Waals surface area contributed by atoms with Crippen LogP contribution in [-0.4, -0.2) is 53.0 Å². The van der Waals surface area contributed by atoms with Crippen molar-refractivity contribution in [2.24, 2.45) is 5.92 Å². The molecule has 0 unspecified atom stereocenters. The van der Waals surface area contributed by atoms with E-state index in [1.165, 1.54) is 22.0 Å². The summed E-state index contributed by atoms with van der Waals surface area (Å²) in [4.78, 5) is 14.2. The summed E-state index contributed by atoms with van der Waals surface area (Å²) in [5.41, 5.74) is 2.58. The molecular formula is C21H26N4S. The number of hydrogen-bond acceptors (Lipinski definition) is 5. The molecule has 0 radical (unpaired) electrons. The molecule has 1 aromatic carbocycles. The summed E-state index contributed by atoms with van der Waals surface area (Å²) in [6, 6.07) is 8.59. The van der Waals surface area contributed by atoms with Gasteiger partial charge in [0.25, 0.3) is 0 Å². The van der Waals surface area contributed by atoms with Gasteiger partial charge in [-0.1, -0.05) is 24.3 Å². The van der Waals surface area contributed by atoms with Gasteiger partial charge < -0.3 is 4.90 Å². The van der Waals surface area contributed by atoms with Crippen LogP contribution in [0.1, 0.15) is 16.3 Å². The van der Waals surface area contributed by atoms with Crippen LogP contribution < -0.4 is 0 Å². The van der Waals surface area contributed by atoms with E-state index in [0.29, 0.717) is 5.92 Å². The molecular weight excluding hydrogens is 340 g/mol. The molecule has 1 atom stereocenters. The van der Waals surface area contributed by atoms with Crippen LogP contribution in [0.15, 0.2) is 42.0 Å². The van der Waals surface area contributed by atoms with Gasteiger partial charge in [-0.15, -0.1) is 11.3 Å². The van der Waals surface area contributed by atoms with Crippen molar-refractivity contribution < 1.29 is 0 Å². The maximum Gasteiger partial charge on any atom is 0.0897 e. The number of aryl methyl sites for hydroxylation is 1. The second kappa shape index (κ2) is 7.82. The van der Waals surface area contributed by atoms with E-state index in [0.717, 1.165) is 44.2 Å². The van der Waals surface area contributed by atoms with Crippen LogP contribution in [0, 0.1) is 12.8 Å². The minimum Gasteiger partial charge on any atom is -0.305 e. The normalized spacial score (nSPS) is 19.7. The highest BCUT2D eigenvalue weighted by molar-refractivity contribution is 7.09. The Morgan fingerprint density at radius 1 is 1.15 bits per heavy atom. The van der Waals surface area contributed by atoms with E-state index in [-0.39, 0.29) is 0 Å². The molecule has 0 saturated carbocycles. The topological polar surface area (TPSA) is 32.3 Å². The number of pyridine rings is 1. The van der Waals surface area contributed by atoms with Crippen molar-refractivity contribution >= 4 is 22.1 Å². The fourth-order valence-corrected chi connectivity index (χ4v) is 4.60. The van der Waals surface area contributed by atoms with E-state index >= 15 is 0 Å². The van der Waals surface area contributed by atoms with Gasteiger partial charge >= 0.3 is 0 Å². The Labute approximate surface area is 159 Å². The first-order valence-corrected chi connectivity index (χ1v) is 10.2. The van der Waals surface area contributed by atoms with Gasteiger partial charge in [-0.3, -0.25) is 9.88 Å². The zero-order valence-electron chi connectivity index (χ0n) is 15.6. The van der Waals surface area contributed by atoms with Gasteiger partial charge in [0.15, 0.2) is 0 Å². The number of aromatic nitrogens is 2. The summed E-state index contributed by atoms with van der Waals surface area (Å²) in [5.74, 6) is 0.606. The highest BCUT2D eigenvalue weighted by atomic mass is 32.1. The molecule has 1 aliphatic heterocycles. The van der Waals surface area contributed by atoms with Crippen molar-refractivity contribution in [2.75, 3.05) is 33.2 Å². The first-order chi connectivity index (χ1) is 12.7. The van der Waals surface area contributed by atoms with Crippen molar-refractivity contribution in [1.29, 1.82) is 0 Å². The van der Waals surface area contributed by atoms with Crippen molar-refractivity contribution in [1.82, 2.24) is 19.8 Å². The van der Waals surface area contributed by atoms with E-state index in [4.69, 9.17) is 0 Å². The van der Waals surface area contributed by atoms with Crippen LogP contribution >= 0.6 is 11.3 Å². The van der Waals surface area contributed by atoms with Crippen molar-refractivity contribution in [3.8, 4) is 0 Å². The first-order valence-electron chi connectivity index (χ1n) is 9.31. The number of rotatable bonds is 4. The van der Waals surface area contributed by atoms with E-state index < -0.39 is 0 Å². The third kappa shape index (κ3) is 4.11. The van der Waals surface area contributed by atoms with Crippen LogP contribution in [0.2, 0.25) is 0 Å². The Hall–Kier alpha value is -1.82. The molecule has 4 rings (SSSR count). The Morgan fingerprint density at radius 2 is 2.04 bits per heavy atom. The smallest absolute Gasteiger partial charge is 0.0897 e. The molecule has 0 spiro atoms. The van der Waals surface area contributed by atoms with Crippen LogP contribution in [0.4, 0.5) is 0 Å². The number of benzene rings is 1. The predicted molar refractivity (Wildman–Crippen MR) is 109 cm³/mol. The number of nitrogens with zero attached hydrogens (tertiary/aromatic N) is 4. The third-order valence-electron chi connectivity index (χ3n) is 5.20.